The highest BCUT2D eigenvalue weighted by atomic mass is 32.1. The van der Waals surface area contributed by atoms with E-state index in [4.69, 9.17) is 12.2 Å². The van der Waals surface area contributed by atoms with Gasteiger partial charge in [-0.15, -0.1) is 0 Å². The van der Waals surface area contributed by atoms with Crippen molar-refractivity contribution in [3.63, 3.8) is 0 Å². The molecule has 0 amide bonds. The van der Waals surface area contributed by atoms with E-state index in [-0.39, 0.29) is 5.75 Å². The molecule has 0 saturated heterocycles. The van der Waals surface area contributed by atoms with Crippen molar-refractivity contribution in [3.8, 4) is 17.1 Å². The zero-order valence-electron chi connectivity index (χ0n) is 10.4. The van der Waals surface area contributed by atoms with Crippen molar-refractivity contribution in [2.45, 2.75) is 0 Å². The second kappa shape index (κ2) is 5.18. The van der Waals surface area contributed by atoms with E-state index in [1.165, 1.54) is 0 Å². The van der Waals surface area contributed by atoms with Gasteiger partial charge in [-0.2, -0.15) is 5.10 Å². The third-order valence-electron chi connectivity index (χ3n) is 2.81. The molecule has 0 bridgehead atoms. The lowest BCUT2D eigenvalue weighted by Gasteiger charge is -2.09. The topological polar surface area (TPSA) is 65.9 Å². The van der Waals surface area contributed by atoms with Crippen LogP contribution in [0.5, 0.6) is 5.75 Å². The molecule has 0 unspecified atom stereocenters. The number of aromatic nitrogens is 3. The molecule has 6 heteroatoms. The van der Waals surface area contributed by atoms with Gasteiger partial charge in [-0.3, -0.25) is 5.43 Å². The molecule has 3 rings (SSSR count). The van der Waals surface area contributed by atoms with Gasteiger partial charge in [-0.25, -0.2) is 9.77 Å². The fourth-order valence-corrected chi connectivity index (χ4v) is 2.02. The van der Waals surface area contributed by atoms with Crippen LogP contribution in [-0.4, -0.2) is 20.0 Å². The summed E-state index contributed by atoms with van der Waals surface area (Å²) in [5.74, 6) is 0.865. The molecular formula is C14H12N4OS. The molecule has 0 spiro atoms. The summed E-state index contributed by atoms with van der Waals surface area (Å²) in [6.07, 6.45) is 0. The van der Waals surface area contributed by atoms with Crippen molar-refractivity contribution < 1.29 is 5.11 Å². The number of para-hydroxylation sites is 1. The number of hydrogen-bond donors (Lipinski definition) is 3. The summed E-state index contributed by atoms with van der Waals surface area (Å²) in [6.45, 7) is 0. The number of hydrogen-bond acceptors (Lipinski definition) is 4. The van der Waals surface area contributed by atoms with Gasteiger partial charge in [0.05, 0.1) is 5.69 Å². The summed E-state index contributed by atoms with van der Waals surface area (Å²) in [5, 5.41) is 16.3. The summed E-state index contributed by atoms with van der Waals surface area (Å²) < 4.78 is 2.16. The Kier molecular flexibility index (Phi) is 3.22. The Labute approximate surface area is 120 Å². The van der Waals surface area contributed by atoms with Crippen LogP contribution in [0.4, 0.5) is 5.69 Å². The van der Waals surface area contributed by atoms with Gasteiger partial charge in [0, 0.05) is 5.56 Å². The van der Waals surface area contributed by atoms with Gasteiger partial charge in [-0.1, -0.05) is 18.2 Å². The molecule has 0 saturated carbocycles. The second-order valence-electron chi connectivity index (χ2n) is 4.21. The predicted molar refractivity (Wildman–Crippen MR) is 80.0 cm³/mol. The van der Waals surface area contributed by atoms with Crippen molar-refractivity contribution in [2.75, 3.05) is 5.43 Å². The number of anilines is 1. The second-order valence-corrected chi connectivity index (χ2v) is 4.60. The van der Waals surface area contributed by atoms with E-state index in [1.807, 2.05) is 30.3 Å². The highest BCUT2D eigenvalue weighted by molar-refractivity contribution is 7.71. The summed E-state index contributed by atoms with van der Waals surface area (Å²) in [5.41, 5.74) is 4.94. The molecule has 20 heavy (non-hydrogen) atoms. The highest BCUT2D eigenvalue weighted by Crippen LogP contribution is 2.20. The standard InChI is InChI=1S/C14H12N4OS/c19-12-8-6-10(7-9-12)13-15-16-14(20)18(13)17-11-4-2-1-3-5-11/h1-9,17,19H,(H,16,20). The lowest BCUT2D eigenvalue weighted by atomic mass is 10.2. The molecule has 0 aliphatic carbocycles. The zero-order valence-corrected chi connectivity index (χ0v) is 11.3. The molecular weight excluding hydrogens is 272 g/mol. The lowest BCUT2D eigenvalue weighted by molar-refractivity contribution is 0.475. The minimum Gasteiger partial charge on any atom is -0.508 e. The largest absolute Gasteiger partial charge is 0.508 e. The van der Waals surface area contributed by atoms with E-state index in [2.05, 4.69) is 15.6 Å². The van der Waals surface area contributed by atoms with Crippen LogP contribution < -0.4 is 5.43 Å². The maximum atomic E-state index is 9.34. The van der Waals surface area contributed by atoms with Gasteiger partial charge in [0.15, 0.2) is 5.82 Å². The zero-order chi connectivity index (χ0) is 13.9. The van der Waals surface area contributed by atoms with Crippen LogP contribution in [0.2, 0.25) is 0 Å². The molecule has 0 fully saturated rings. The summed E-state index contributed by atoms with van der Waals surface area (Å²) in [6, 6.07) is 16.5. The minimum absolute atomic E-state index is 0.213. The van der Waals surface area contributed by atoms with Crippen LogP contribution in [0, 0.1) is 4.77 Å². The summed E-state index contributed by atoms with van der Waals surface area (Å²) in [4.78, 5) is 0. The molecule has 3 N–H and O–H groups in total. The first kappa shape index (κ1) is 12.4. The van der Waals surface area contributed by atoms with E-state index in [0.29, 0.717) is 10.6 Å². The molecule has 1 heterocycles. The Balaban J connectivity index is 2.01. The van der Waals surface area contributed by atoms with E-state index in [0.717, 1.165) is 11.3 Å². The number of phenolic OH excluding ortho intramolecular Hbond substituents is 1. The van der Waals surface area contributed by atoms with Crippen LogP contribution >= 0.6 is 12.2 Å². The van der Waals surface area contributed by atoms with Gasteiger partial charge in [0.1, 0.15) is 5.75 Å². The fraction of sp³-hybridized carbons (Fsp3) is 0. The van der Waals surface area contributed by atoms with Gasteiger partial charge in [-0.05, 0) is 48.6 Å². The minimum atomic E-state index is 0.213. The SMILES string of the molecule is Oc1ccc(-c2n[nH]c(=S)n2Nc2ccccc2)cc1. The Hall–Kier alpha value is -2.60. The van der Waals surface area contributed by atoms with Crippen LogP contribution in [0.25, 0.3) is 11.4 Å². The molecule has 0 aliphatic rings. The van der Waals surface area contributed by atoms with Crippen LogP contribution in [0.15, 0.2) is 54.6 Å². The number of H-pyrrole nitrogens is 1. The van der Waals surface area contributed by atoms with Gasteiger partial charge in [0.25, 0.3) is 0 Å². The number of benzene rings is 2. The number of aromatic hydroxyl groups is 1. The molecule has 0 atom stereocenters. The average molecular weight is 284 g/mol. The van der Waals surface area contributed by atoms with Crippen molar-refractivity contribution >= 4 is 17.9 Å². The van der Waals surface area contributed by atoms with Gasteiger partial charge < -0.3 is 5.11 Å². The fourth-order valence-electron chi connectivity index (χ4n) is 1.85. The first-order valence-electron chi connectivity index (χ1n) is 6.03. The summed E-state index contributed by atoms with van der Waals surface area (Å²) >= 11 is 5.23. The van der Waals surface area contributed by atoms with Gasteiger partial charge in [0.2, 0.25) is 4.77 Å². The molecule has 100 valence electrons. The monoisotopic (exact) mass is 284 g/mol. The first-order valence-corrected chi connectivity index (χ1v) is 6.44. The molecule has 2 aromatic carbocycles. The summed E-state index contributed by atoms with van der Waals surface area (Å²) in [7, 11) is 0. The van der Waals surface area contributed by atoms with Crippen LogP contribution in [0.1, 0.15) is 0 Å². The van der Waals surface area contributed by atoms with Crippen molar-refractivity contribution in [2.24, 2.45) is 0 Å². The maximum Gasteiger partial charge on any atom is 0.214 e. The quantitative estimate of drug-likeness (QED) is 0.646. The Morgan fingerprint density at radius 2 is 1.75 bits per heavy atom. The van der Waals surface area contributed by atoms with E-state index in [9.17, 15) is 5.11 Å². The molecule has 3 aromatic rings. The molecule has 1 aromatic heterocycles. The number of aromatic amines is 1. The average Bonchev–Trinajstić information content (AvgIpc) is 2.83. The van der Waals surface area contributed by atoms with Crippen LogP contribution in [0.3, 0.4) is 0 Å². The highest BCUT2D eigenvalue weighted by Gasteiger charge is 2.08. The number of rotatable bonds is 3. The van der Waals surface area contributed by atoms with Crippen molar-refractivity contribution in [1.82, 2.24) is 14.9 Å². The normalized spacial score (nSPS) is 10.4. The molecule has 0 aliphatic heterocycles. The Morgan fingerprint density at radius 3 is 2.45 bits per heavy atom. The molecule has 0 radical (unpaired) electrons. The van der Waals surface area contributed by atoms with Crippen molar-refractivity contribution in [1.29, 1.82) is 0 Å². The predicted octanol–water partition coefficient (Wildman–Crippen LogP) is 3.19. The Morgan fingerprint density at radius 1 is 1.05 bits per heavy atom. The first-order chi connectivity index (χ1) is 9.74. The van der Waals surface area contributed by atoms with Crippen molar-refractivity contribution in [3.05, 3.63) is 59.4 Å². The number of phenols is 1. The van der Waals surface area contributed by atoms with Crippen LogP contribution in [-0.2, 0) is 0 Å². The Bertz CT molecular complexity index is 762. The van der Waals surface area contributed by atoms with E-state index in [1.54, 1.807) is 28.9 Å². The maximum absolute atomic E-state index is 9.34. The number of nitrogens with zero attached hydrogens (tertiary/aromatic N) is 2. The smallest absolute Gasteiger partial charge is 0.214 e. The third-order valence-corrected chi connectivity index (χ3v) is 3.09. The third kappa shape index (κ3) is 2.41. The van der Waals surface area contributed by atoms with E-state index < -0.39 is 0 Å². The number of nitrogens with one attached hydrogen (secondary N) is 2. The molecule has 5 nitrogen and oxygen atoms in total. The van der Waals surface area contributed by atoms with Gasteiger partial charge >= 0.3 is 0 Å². The lowest BCUT2D eigenvalue weighted by Crippen LogP contribution is -2.10. The van der Waals surface area contributed by atoms with E-state index >= 15 is 0 Å².